The largest absolute Gasteiger partial charge is 0.382 e. The van der Waals surface area contributed by atoms with Crippen LogP contribution >= 0.6 is 0 Å². The zero-order valence-electron chi connectivity index (χ0n) is 14.5. The summed E-state index contributed by atoms with van der Waals surface area (Å²) in [5.74, 6) is 1.83. The van der Waals surface area contributed by atoms with E-state index in [9.17, 15) is 0 Å². The second-order valence-electron chi connectivity index (χ2n) is 4.94. The maximum absolute atomic E-state index is 5.42. The molecule has 0 amide bonds. The molecule has 0 bridgehead atoms. The number of aliphatic imine (C=N–C) groups is 1. The predicted octanol–water partition coefficient (Wildman–Crippen LogP) is 0.449. The Morgan fingerprint density at radius 3 is 2.87 bits per heavy atom. The van der Waals surface area contributed by atoms with Crippen LogP contribution in [0.4, 0.5) is 0 Å². The first-order valence-corrected chi connectivity index (χ1v) is 8.27. The smallest absolute Gasteiger partial charge is 0.191 e. The number of nitrogens with zero attached hydrogens (tertiary/aromatic N) is 4. The van der Waals surface area contributed by atoms with E-state index < -0.39 is 0 Å². The molecule has 0 unspecified atom stereocenters. The van der Waals surface area contributed by atoms with E-state index in [0.717, 1.165) is 50.8 Å². The molecule has 0 aliphatic carbocycles. The second-order valence-corrected chi connectivity index (χ2v) is 4.94. The lowest BCUT2D eigenvalue weighted by Gasteiger charge is -2.12. The van der Waals surface area contributed by atoms with Crippen molar-refractivity contribution in [2.24, 2.45) is 4.99 Å². The third kappa shape index (κ3) is 8.51. The molecule has 0 aliphatic heterocycles. The van der Waals surface area contributed by atoms with E-state index in [4.69, 9.17) is 9.47 Å². The summed E-state index contributed by atoms with van der Waals surface area (Å²) in [4.78, 5) is 4.54. The summed E-state index contributed by atoms with van der Waals surface area (Å²) in [6.07, 6.45) is 3.55. The van der Waals surface area contributed by atoms with Crippen LogP contribution in [-0.2, 0) is 22.4 Å². The molecule has 0 radical (unpaired) electrons. The second kappa shape index (κ2) is 12.8. The van der Waals surface area contributed by atoms with Crippen LogP contribution in [0, 0.1) is 0 Å². The van der Waals surface area contributed by atoms with Crippen molar-refractivity contribution in [3.63, 3.8) is 0 Å². The number of nitrogens with one attached hydrogen (secondary N) is 2. The Labute approximate surface area is 138 Å². The quantitative estimate of drug-likeness (QED) is 0.329. The van der Waals surface area contributed by atoms with Crippen LogP contribution in [0.25, 0.3) is 0 Å². The fourth-order valence-electron chi connectivity index (χ4n) is 1.98. The van der Waals surface area contributed by atoms with Gasteiger partial charge in [0.1, 0.15) is 12.2 Å². The Morgan fingerprint density at radius 1 is 1.26 bits per heavy atom. The predicted molar refractivity (Wildman–Crippen MR) is 90.7 cm³/mol. The maximum atomic E-state index is 5.42. The van der Waals surface area contributed by atoms with E-state index in [1.54, 1.807) is 13.4 Å². The van der Waals surface area contributed by atoms with Crippen LogP contribution in [0.3, 0.4) is 0 Å². The fraction of sp³-hybridized carbons (Fsp3) is 0.800. The van der Waals surface area contributed by atoms with Crippen LogP contribution in [0.5, 0.6) is 0 Å². The lowest BCUT2D eigenvalue weighted by molar-refractivity contribution is 0.0702. The molecule has 8 heteroatoms. The molecule has 1 aromatic rings. The SMILES string of the molecule is CCNC(=NCCCOCCOC)NCCn1cnnc1CC. The Bertz CT molecular complexity index is 435. The van der Waals surface area contributed by atoms with E-state index in [1.165, 1.54) is 0 Å². The van der Waals surface area contributed by atoms with Gasteiger partial charge in [-0.3, -0.25) is 4.99 Å². The van der Waals surface area contributed by atoms with Crippen molar-refractivity contribution < 1.29 is 9.47 Å². The molecule has 0 fully saturated rings. The Balaban J connectivity index is 2.24. The average molecular weight is 326 g/mol. The fourth-order valence-corrected chi connectivity index (χ4v) is 1.98. The molecule has 2 N–H and O–H groups in total. The van der Waals surface area contributed by atoms with Gasteiger partial charge in [0.05, 0.1) is 13.2 Å². The first kappa shape index (κ1) is 19.4. The van der Waals surface area contributed by atoms with Gasteiger partial charge in [-0.15, -0.1) is 10.2 Å². The zero-order valence-corrected chi connectivity index (χ0v) is 14.5. The van der Waals surface area contributed by atoms with Crippen molar-refractivity contribution in [2.45, 2.75) is 33.2 Å². The standard InChI is InChI=1S/C15H30N6O2/c1-4-14-20-19-13-21(14)9-8-18-15(16-5-2)17-7-6-10-23-12-11-22-3/h13H,4-12H2,1-3H3,(H2,16,17,18). The summed E-state index contributed by atoms with van der Waals surface area (Å²) in [6, 6.07) is 0. The molecular formula is C15H30N6O2. The highest BCUT2D eigenvalue weighted by molar-refractivity contribution is 5.79. The van der Waals surface area contributed by atoms with Crippen molar-refractivity contribution in [3.05, 3.63) is 12.2 Å². The Hall–Kier alpha value is -1.67. The Kier molecular flexibility index (Phi) is 10.8. The number of rotatable bonds is 12. The molecule has 0 atom stereocenters. The number of guanidine groups is 1. The summed E-state index contributed by atoms with van der Waals surface area (Å²) < 4.78 is 12.4. The van der Waals surface area contributed by atoms with Crippen LogP contribution in [0.15, 0.2) is 11.3 Å². The molecule has 0 saturated carbocycles. The van der Waals surface area contributed by atoms with Crippen LogP contribution < -0.4 is 10.6 Å². The van der Waals surface area contributed by atoms with Gasteiger partial charge in [-0.2, -0.15) is 0 Å². The minimum absolute atomic E-state index is 0.635. The molecule has 1 aromatic heterocycles. The lowest BCUT2D eigenvalue weighted by Crippen LogP contribution is -2.39. The number of hydrogen-bond acceptors (Lipinski definition) is 5. The van der Waals surface area contributed by atoms with Crippen LogP contribution in [0.1, 0.15) is 26.1 Å². The molecule has 1 heterocycles. The molecule has 23 heavy (non-hydrogen) atoms. The summed E-state index contributed by atoms with van der Waals surface area (Å²) in [6.45, 7) is 9.27. The van der Waals surface area contributed by atoms with Gasteiger partial charge in [0.2, 0.25) is 0 Å². The zero-order chi connectivity index (χ0) is 16.8. The molecule has 0 aromatic carbocycles. The highest BCUT2D eigenvalue weighted by Gasteiger charge is 2.02. The van der Waals surface area contributed by atoms with Crippen molar-refractivity contribution in [1.82, 2.24) is 25.4 Å². The van der Waals surface area contributed by atoms with Crippen molar-refractivity contribution in [1.29, 1.82) is 0 Å². The van der Waals surface area contributed by atoms with Crippen molar-refractivity contribution in [3.8, 4) is 0 Å². The summed E-state index contributed by atoms with van der Waals surface area (Å²) in [5, 5.41) is 14.6. The van der Waals surface area contributed by atoms with Gasteiger partial charge in [-0.1, -0.05) is 6.92 Å². The highest BCUT2D eigenvalue weighted by Crippen LogP contribution is 1.94. The number of methoxy groups -OCH3 is 1. The highest BCUT2D eigenvalue weighted by atomic mass is 16.5. The monoisotopic (exact) mass is 326 g/mol. The van der Waals surface area contributed by atoms with Crippen LogP contribution in [-0.4, -0.2) is 67.3 Å². The lowest BCUT2D eigenvalue weighted by atomic mass is 10.4. The van der Waals surface area contributed by atoms with Gasteiger partial charge in [-0.05, 0) is 13.3 Å². The van der Waals surface area contributed by atoms with Gasteiger partial charge < -0.3 is 24.7 Å². The topological polar surface area (TPSA) is 85.6 Å². The first-order chi connectivity index (χ1) is 11.3. The van der Waals surface area contributed by atoms with Gasteiger partial charge >= 0.3 is 0 Å². The Morgan fingerprint density at radius 2 is 2.13 bits per heavy atom. The number of aryl methyl sites for hydroxylation is 1. The average Bonchev–Trinajstić information content (AvgIpc) is 3.01. The molecule has 0 spiro atoms. The van der Waals surface area contributed by atoms with Crippen LogP contribution in [0.2, 0.25) is 0 Å². The van der Waals surface area contributed by atoms with E-state index in [0.29, 0.717) is 19.8 Å². The normalized spacial score (nSPS) is 11.7. The number of ether oxygens (including phenoxy) is 2. The van der Waals surface area contributed by atoms with Gasteiger partial charge in [0.25, 0.3) is 0 Å². The number of aromatic nitrogens is 3. The molecule has 132 valence electrons. The number of hydrogen-bond donors (Lipinski definition) is 2. The molecular weight excluding hydrogens is 296 g/mol. The minimum Gasteiger partial charge on any atom is -0.382 e. The molecule has 8 nitrogen and oxygen atoms in total. The van der Waals surface area contributed by atoms with E-state index >= 15 is 0 Å². The van der Waals surface area contributed by atoms with E-state index in [-0.39, 0.29) is 0 Å². The summed E-state index contributed by atoms with van der Waals surface area (Å²) in [5.41, 5.74) is 0. The van der Waals surface area contributed by atoms with E-state index in [2.05, 4.69) is 44.2 Å². The molecule has 0 aliphatic rings. The van der Waals surface area contributed by atoms with E-state index in [1.807, 2.05) is 0 Å². The third-order valence-corrected chi connectivity index (χ3v) is 3.15. The first-order valence-electron chi connectivity index (χ1n) is 8.27. The molecule has 0 saturated heterocycles. The van der Waals surface area contributed by atoms with Crippen molar-refractivity contribution in [2.75, 3.05) is 46.6 Å². The third-order valence-electron chi connectivity index (χ3n) is 3.15. The summed E-state index contributed by atoms with van der Waals surface area (Å²) >= 11 is 0. The van der Waals surface area contributed by atoms with Gasteiger partial charge in [0.15, 0.2) is 5.96 Å². The van der Waals surface area contributed by atoms with Crippen molar-refractivity contribution >= 4 is 5.96 Å². The van der Waals surface area contributed by atoms with Gasteiger partial charge in [-0.25, -0.2) is 0 Å². The molecule has 1 rings (SSSR count). The maximum Gasteiger partial charge on any atom is 0.191 e. The minimum atomic E-state index is 0.635. The van der Waals surface area contributed by atoms with Gasteiger partial charge in [0, 0.05) is 46.3 Å². The summed E-state index contributed by atoms with van der Waals surface area (Å²) in [7, 11) is 1.67.